The van der Waals surface area contributed by atoms with Crippen molar-refractivity contribution in [2.75, 3.05) is 7.11 Å². The fraction of sp³-hybridized carbons (Fsp3) is 0.286. The first-order chi connectivity index (χ1) is 5.77. The summed E-state index contributed by atoms with van der Waals surface area (Å²) in [5.41, 5.74) is 0.755. The number of aromatic nitrogens is 2. The first-order valence-electron chi connectivity index (χ1n) is 3.24. The lowest BCUT2D eigenvalue weighted by molar-refractivity contribution is 0.0586. The fourth-order valence-corrected chi connectivity index (χ4v) is 0.972. The van der Waals surface area contributed by atoms with Crippen LogP contribution in [-0.4, -0.2) is 23.0 Å². The van der Waals surface area contributed by atoms with Gasteiger partial charge in [-0.3, -0.25) is 0 Å². The molecule has 0 N–H and O–H groups in total. The molecule has 0 unspecified atom stereocenters. The fourth-order valence-electron chi connectivity index (χ4n) is 0.660. The van der Waals surface area contributed by atoms with Gasteiger partial charge in [-0.25, -0.2) is 14.8 Å². The van der Waals surface area contributed by atoms with E-state index in [1.54, 1.807) is 6.07 Å². The molecule has 0 amide bonds. The molecule has 0 radical (unpaired) electrons. The van der Waals surface area contributed by atoms with E-state index in [2.05, 4.69) is 30.6 Å². The lowest BCUT2D eigenvalue weighted by atomic mass is 10.4. The van der Waals surface area contributed by atoms with Gasteiger partial charge in [-0.1, -0.05) is 15.9 Å². The van der Waals surface area contributed by atoms with Gasteiger partial charge in [0.05, 0.1) is 12.8 Å². The molecular formula is C7H7BrN2O2. The summed E-state index contributed by atoms with van der Waals surface area (Å²) < 4.78 is 4.46. The van der Waals surface area contributed by atoms with Gasteiger partial charge in [-0.05, 0) is 6.07 Å². The molecule has 0 aliphatic heterocycles. The molecule has 12 heavy (non-hydrogen) atoms. The van der Waals surface area contributed by atoms with Crippen molar-refractivity contribution in [2.45, 2.75) is 5.33 Å². The number of alkyl halides is 1. The number of esters is 1. The van der Waals surface area contributed by atoms with Crippen LogP contribution in [0, 0.1) is 0 Å². The number of rotatable bonds is 2. The Labute approximate surface area is 78.1 Å². The summed E-state index contributed by atoms with van der Waals surface area (Å²) in [6.45, 7) is 0. The quantitative estimate of drug-likeness (QED) is 0.566. The Kier molecular flexibility index (Phi) is 3.16. The van der Waals surface area contributed by atoms with Gasteiger partial charge in [-0.2, -0.15) is 0 Å². The minimum absolute atomic E-state index is 0.0921. The van der Waals surface area contributed by atoms with Gasteiger partial charge < -0.3 is 4.74 Å². The Morgan fingerprint density at radius 3 is 3.08 bits per heavy atom. The molecule has 0 saturated carbocycles. The van der Waals surface area contributed by atoms with E-state index in [9.17, 15) is 4.79 Å². The molecule has 0 bridgehead atoms. The van der Waals surface area contributed by atoms with Gasteiger partial charge in [0.25, 0.3) is 0 Å². The Morgan fingerprint density at radius 1 is 1.75 bits per heavy atom. The second-order valence-electron chi connectivity index (χ2n) is 2.00. The summed E-state index contributed by atoms with van der Waals surface area (Å²) >= 11 is 3.22. The predicted octanol–water partition coefficient (Wildman–Crippen LogP) is 1.16. The number of carbonyl (C=O) groups excluding carboxylic acids is 1. The van der Waals surface area contributed by atoms with E-state index in [1.807, 2.05) is 0 Å². The molecule has 1 aromatic heterocycles. The van der Waals surface area contributed by atoms with E-state index < -0.39 is 5.97 Å². The van der Waals surface area contributed by atoms with Crippen molar-refractivity contribution < 1.29 is 9.53 Å². The molecule has 64 valence electrons. The number of methoxy groups -OCH3 is 1. The van der Waals surface area contributed by atoms with Crippen LogP contribution < -0.4 is 0 Å². The van der Waals surface area contributed by atoms with Crippen molar-refractivity contribution in [3.8, 4) is 0 Å². The number of carbonyl (C=O) groups is 1. The number of halogens is 1. The Hall–Kier alpha value is -0.970. The smallest absolute Gasteiger partial charge is 0.376 e. The van der Waals surface area contributed by atoms with Crippen LogP contribution in [0.3, 0.4) is 0 Å². The molecule has 0 aliphatic rings. The molecule has 0 aromatic carbocycles. The molecule has 0 aliphatic carbocycles. The van der Waals surface area contributed by atoms with Crippen molar-refractivity contribution in [1.82, 2.24) is 9.97 Å². The number of ether oxygens (including phenoxy) is 1. The molecule has 0 atom stereocenters. The summed E-state index contributed by atoms with van der Waals surface area (Å²) in [4.78, 5) is 18.6. The lowest BCUT2D eigenvalue weighted by Crippen LogP contribution is -2.07. The minimum atomic E-state index is -0.516. The van der Waals surface area contributed by atoms with Crippen LogP contribution in [-0.2, 0) is 10.1 Å². The Morgan fingerprint density at radius 2 is 2.50 bits per heavy atom. The van der Waals surface area contributed by atoms with Crippen molar-refractivity contribution in [1.29, 1.82) is 0 Å². The van der Waals surface area contributed by atoms with E-state index in [0.717, 1.165) is 5.69 Å². The van der Waals surface area contributed by atoms with Gasteiger partial charge in [-0.15, -0.1) is 0 Å². The molecule has 1 heterocycles. The highest BCUT2D eigenvalue weighted by atomic mass is 79.9. The molecule has 4 nitrogen and oxygen atoms in total. The highest BCUT2D eigenvalue weighted by molar-refractivity contribution is 9.08. The van der Waals surface area contributed by atoms with Crippen molar-refractivity contribution in [3.05, 3.63) is 23.8 Å². The van der Waals surface area contributed by atoms with Gasteiger partial charge >= 0.3 is 5.97 Å². The third-order valence-electron chi connectivity index (χ3n) is 1.22. The zero-order valence-electron chi connectivity index (χ0n) is 6.45. The first kappa shape index (κ1) is 9.12. The van der Waals surface area contributed by atoms with Crippen molar-refractivity contribution in [3.63, 3.8) is 0 Å². The molecule has 1 rings (SSSR count). The average molecular weight is 231 g/mol. The van der Waals surface area contributed by atoms with E-state index in [0.29, 0.717) is 5.33 Å². The molecule has 0 fully saturated rings. The van der Waals surface area contributed by atoms with Crippen LogP contribution in [0.25, 0.3) is 0 Å². The summed E-state index contributed by atoms with van der Waals surface area (Å²) in [6, 6.07) is 1.72. The predicted molar refractivity (Wildman–Crippen MR) is 46.0 cm³/mol. The summed E-state index contributed by atoms with van der Waals surface area (Å²) in [6.07, 6.45) is 1.52. The van der Waals surface area contributed by atoms with Gasteiger partial charge in [0.1, 0.15) is 0 Å². The zero-order chi connectivity index (χ0) is 8.97. The first-order valence-corrected chi connectivity index (χ1v) is 4.36. The highest BCUT2D eigenvalue weighted by Crippen LogP contribution is 2.01. The number of hydrogen-bond donors (Lipinski definition) is 0. The zero-order valence-corrected chi connectivity index (χ0v) is 8.04. The molecule has 5 heteroatoms. The summed E-state index contributed by atoms with van der Waals surface area (Å²) in [7, 11) is 1.30. The summed E-state index contributed by atoms with van der Waals surface area (Å²) in [5.74, 6) is -0.424. The molecule has 0 saturated heterocycles. The molecular weight excluding hydrogens is 224 g/mol. The Balaban J connectivity index is 2.93. The monoisotopic (exact) mass is 230 g/mol. The van der Waals surface area contributed by atoms with Crippen molar-refractivity contribution in [2.24, 2.45) is 0 Å². The third-order valence-corrected chi connectivity index (χ3v) is 1.79. The molecule has 0 spiro atoms. The Bertz CT molecular complexity index is 290. The topological polar surface area (TPSA) is 52.1 Å². The second kappa shape index (κ2) is 4.15. The lowest BCUT2D eigenvalue weighted by Gasteiger charge is -1.98. The van der Waals surface area contributed by atoms with Crippen LogP contribution in [0.4, 0.5) is 0 Å². The maximum Gasteiger partial charge on any atom is 0.376 e. The van der Waals surface area contributed by atoms with Crippen LogP contribution in [0.5, 0.6) is 0 Å². The second-order valence-corrected chi connectivity index (χ2v) is 2.56. The SMILES string of the molecule is COC(=O)c1nccc(CBr)n1. The van der Waals surface area contributed by atoms with E-state index in [1.165, 1.54) is 13.3 Å². The minimum Gasteiger partial charge on any atom is -0.463 e. The average Bonchev–Trinajstić information content (AvgIpc) is 2.17. The van der Waals surface area contributed by atoms with Crippen LogP contribution >= 0.6 is 15.9 Å². The molecule has 1 aromatic rings. The number of nitrogens with zero attached hydrogens (tertiary/aromatic N) is 2. The summed E-state index contributed by atoms with van der Waals surface area (Å²) in [5, 5.41) is 0.597. The van der Waals surface area contributed by atoms with Crippen molar-refractivity contribution >= 4 is 21.9 Å². The van der Waals surface area contributed by atoms with Gasteiger partial charge in [0, 0.05) is 11.5 Å². The van der Waals surface area contributed by atoms with E-state index in [-0.39, 0.29) is 5.82 Å². The van der Waals surface area contributed by atoms with Crippen LogP contribution in [0.1, 0.15) is 16.3 Å². The third kappa shape index (κ3) is 2.01. The van der Waals surface area contributed by atoms with E-state index in [4.69, 9.17) is 0 Å². The van der Waals surface area contributed by atoms with Gasteiger partial charge in [0.2, 0.25) is 5.82 Å². The number of hydrogen-bond acceptors (Lipinski definition) is 4. The highest BCUT2D eigenvalue weighted by Gasteiger charge is 2.08. The van der Waals surface area contributed by atoms with Gasteiger partial charge in [0.15, 0.2) is 0 Å². The maximum atomic E-state index is 10.9. The maximum absolute atomic E-state index is 10.9. The van der Waals surface area contributed by atoms with E-state index >= 15 is 0 Å². The normalized spacial score (nSPS) is 9.50. The standard InChI is InChI=1S/C7H7BrN2O2/c1-12-7(11)6-9-3-2-5(4-8)10-6/h2-3H,4H2,1H3. The van der Waals surface area contributed by atoms with Crippen LogP contribution in [0.15, 0.2) is 12.3 Å². The largest absolute Gasteiger partial charge is 0.463 e. The van der Waals surface area contributed by atoms with Crippen LogP contribution in [0.2, 0.25) is 0 Å².